The van der Waals surface area contributed by atoms with E-state index in [0.29, 0.717) is 28.8 Å². The van der Waals surface area contributed by atoms with Crippen molar-refractivity contribution in [1.82, 2.24) is 4.98 Å². The predicted molar refractivity (Wildman–Crippen MR) is 107 cm³/mol. The molecule has 0 atom stereocenters. The van der Waals surface area contributed by atoms with Crippen LogP contribution in [0.15, 0.2) is 43.5 Å². The average molecular weight is 347 g/mol. The van der Waals surface area contributed by atoms with E-state index < -0.39 is 0 Å². The summed E-state index contributed by atoms with van der Waals surface area (Å²) in [5, 5.41) is 0.658. The molecule has 0 unspecified atom stereocenters. The molecule has 0 radical (unpaired) electrons. The summed E-state index contributed by atoms with van der Waals surface area (Å²) in [7, 11) is 0. The van der Waals surface area contributed by atoms with Crippen molar-refractivity contribution in [1.29, 1.82) is 0 Å². The Morgan fingerprint density at radius 3 is 2.12 bits per heavy atom. The number of ether oxygens (including phenoxy) is 1. The minimum Gasteiger partial charge on any atom is -0.457 e. The first kappa shape index (κ1) is 21.9. The van der Waals surface area contributed by atoms with Crippen LogP contribution in [-0.2, 0) is 6.54 Å². The van der Waals surface area contributed by atoms with Crippen molar-refractivity contribution in [2.24, 2.45) is 5.73 Å². The fourth-order valence-electron chi connectivity index (χ4n) is 1.78. The molecule has 0 saturated carbocycles. The molecule has 2 rings (SSSR count). The van der Waals surface area contributed by atoms with E-state index in [2.05, 4.69) is 18.1 Å². The Hall–Kier alpha value is -2.10. The van der Waals surface area contributed by atoms with E-state index in [1.54, 1.807) is 42.5 Å². The van der Waals surface area contributed by atoms with Crippen LogP contribution in [0.25, 0.3) is 12.2 Å². The summed E-state index contributed by atoms with van der Waals surface area (Å²) in [5.41, 5.74) is 7.87. The van der Waals surface area contributed by atoms with Gasteiger partial charge in [0, 0.05) is 23.2 Å². The number of hydrogen-bond acceptors (Lipinski definition) is 3. The second kappa shape index (κ2) is 12.3. The fraction of sp³-hybridized carbons (Fsp3) is 0.250. The summed E-state index contributed by atoms with van der Waals surface area (Å²) < 4.78 is 5.87. The summed E-state index contributed by atoms with van der Waals surface area (Å²) in [4.78, 5) is 4.38. The molecule has 0 saturated heterocycles. The van der Waals surface area contributed by atoms with E-state index in [1.165, 1.54) is 0 Å². The van der Waals surface area contributed by atoms with Crippen molar-refractivity contribution in [2.75, 3.05) is 0 Å². The molecular weight excluding hydrogens is 320 g/mol. The minimum atomic E-state index is 0.329. The lowest BCUT2D eigenvalue weighted by Gasteiger charge is -2.12. The largest absolute Gasteiger partial charge is 0.457 e. The summed E-state index contributed by atoms with van der Waals surface area (Å²) in [6, 6.07) is 8.93. The lowest BCUT2D eigenvalue weighted by atomic mass is 10.1. The van der Waals surface area contributed by atoms with Crippen LogP contribution < -0.4 is 10.5 Å². The van der Waals surface area contributed by atoms with E-state index in [1.807, 2.05) is 27.7 Å². The summed E-state index contributed by atoms with van der Waals surface area (Å²) >= 11 is 5.86. The molecule has 24 heavy (non-hydrogen) atoms. The lowest BCUT2D eigenvalue weighted by molar-refractivity contribution is 0.479. The fourth-order valence-corrected chi connectivity index (χ4v) is 1.91. The number of nitrogens with zero attached hydrogens (tertiary/aromatic N) is 1. The second-order valence-electron chi connectivity index (χ2n) is 4.08. The number of halogens is 1. The first-order chi connectivity index (χ1) is 11.7. The quantitative estimate of drug-likeness (QED) is 0.688. The topological polar surface area (TPSA) is 48.1 Å². The van der Waals surface area contributed by atoms with Gasteiger partial charge in [-0.3, -0.25) is 4.98 Å². The van der Waals surface area contributed by atoms with Gasteiger partial charge in [-0.15, -0.1) is 0 Å². The number of hydrogen-bond donors (Lipinski definition) is 1. The van der Waals surface area contributed by atoms with Crippen molar-refractivity contribution < 1.29 is 4.74 Å². The molecule has 3 nitrogen and oxygen atoms in total. The third kappa shape index (κ3) is 6.19. The van der Waals surface area contributed by atoms with Crippen LogP contribution in [-0.4, -0.2) is 4.98 Å². The van der Waals surface area contributed by atoms with Gasteiger partial charge in [0.15, 0.2) is 0 Å². The van der Waals surface area contributed by atoms with Crippen molar-refractivity contribution >= 4 is 23.8 Å². The van der Waals surface area contributed by atoms with E-state index >= 15 is 0 Å². The highest BCUT2D eigenvalue weighted by molar-refractivity contribution is 6.30. The summed E-state index contributed by atoms with van der Waals surface area (Å²) in [5.74, 6) is 1.33. The van der Waals surface area contributed by atoms with E-state index in [-0.39, 0.29) is 0 Å². The highest BCUT2D eigenvalue weighted by Gasteiger charge is 2.10. The zero-order valence-corrected chi connectivity index (χ0v) is 15.7. The van der Waals surface area contributed by atoms with Crippen molar-refractivity contribution in [3.8, 4) is 11.5 Å². The SMILES string of the molecule is C=Cc1nc(CN)cc(Oc2ccc(Cl)cc2)c1C=C.CC.CC. The number of rotatable bonds is 5. The van der Waals surface area contributed by atoms with Gasteiger partial charge in [-0.05, 0) is 30.3 Å². The van der Waals surface area contributed by atoms with Gasteiger partial charge in [0.1, 0.15) is 11.5 Å². The molecule has 0 aliphatic rings. The van der Waals surface area contributed by atoms with Gasteiger partial charge in [0.2, 0.25) is 0 Å². The zero-order chi connectivity index (χ0) is 18.5. The standard InChI is InChI=1S/C16H15ClN2O.2C2H6/c1-3-14-15(4-2)19-12(10-18)9-16(14)20-13-7-5-11(17)6-8-13;2*1-2/h3-9H,1-2,10,18H2;2*1-2H3. The Morgan fingerprint density at radius 1 is 1.08 bits per heavy atom. The number of nitrogens with two attached hydrogens (primary N) is 1. The smallest absolute Gasteiger partial charge is 0.138 e. The molecule has 1 heterocycles. The maximum absolute atomic E-state index is 5.87. The first-order valence-corrected chi connectivity index (χ1v) is 8.48. The number of pyridine rings is 1. The van der Waals surface area contributed by atoms with Crippen LogP contribution in [0.5, 0.6) is 11.5 Å². The van der Waals surface area contributed by atoms with Crippen LogP contribution >= 0.6 is 11.6 Å². The van der Waals surface area contributed by atoms with Crippen molar-refractivity contribution in [2.45, 2.75) is 34.2 Å². The summed E-state index contributed by atoms with van der Waals surface area (Å²) in [6.07, 6.45) is 3.35. The van der Waals surface area contributed by atoms with Gasteiger partial charge in [0.25, 0.3) is 0 Å². The minimum absolute atomic E-state index is 0.329. The van der Waals surface area contributed by atoms with Crippen LogP contribution in [0.3, 0.4) is 0 Å². The van der Waals surface area contributed by atoms with E-state index in [4.69, 9.17) is 22.1 Å². The molecule has 0 aliphatic carbocycles. The molecule has 4 heteroatoms. The number of benzene rings is 1. The Morgan fingerprint density at radius 2 is 1.67 bits per heavy atom. The van der Waals surface area contributed by atoms with Gasteiger partial charge in [0.05, 0.1) is 11.4 Å². The monoisotopic (exact) mass is 346 g/mol. The maximum Gasteiger partial charge on any atom is 0.138 e. The predicted octanol–water partition coefficient (Wildman–Crippen LogP) is 6.32. The molecule has 1 aromatic carbocycles. The van der Waals surface area contributed by atoms with Crippen LogP contribution in [0.2, 0.25) is 5.02 Å². The molecule has 0 bridgehead atoms. The molecule has 2 N–H and O–H groups in total. The number of aromatic nitrogens is 1. The molecule has 130 valence electrons. The Labute approximate surface area is 150 Å². The highest BCUT2D eigenvalue weighted by atomic mass is 35.5. The molecular formula is C20H27ClN2O. The summed E-state index contributed by atoms with van der Waals surface area (Å²) in [6.45, 7) is 15.9. The third-order valence-corrected chi connectivity index (χ3v) is 3.00. The van der Waals surface area contributed by atoms with Crippen LogP contribution in [0.1, 0.15) is 44.6 Å². The Kier molecular flexibility index (Phi) is 11.3. The van der Waals surface area contributed by atoms with E-state index in [9.17, 15) is 0 Å². The maximum atomic E-state index is 5.87. The van der Waals surface area contributed by atoms with Crippen molar-refractivity contribution in [3.05, 3.63) is 65.5 Å². The van der Waals surface area contributed by atoms with Gasteiger partial charge in [-0.2, -0.15) is 0 Å². The van der Waals surface area contributed by atoms with Crippen LogP contribution in [0.4, 0.5) is 0 Å². The van der Waals surface area contributed by atoms with Crippen molar-refractivity contribution in [3.63, 3.8) is 0 Å². The molecule has 1 aromatic heterocycles. The van der Waals surface area contributed by atoms with Gasteiger partial charge < -0.3 is 10.5 Å². The lowest BCUT2D eigenvalue weighted by Crippen LogP contribution is -2.03. The Balaban J connectivity index is 0.00000123. The van der Waals surface area contributed by atoms with Crippen LogP contribution in [0, 0.1) is 0 Å². The van der Waals surface area contributed by atoms with Gasteiger partial charge in [-0.1, -0.05) is 58.5 Å². The van der Waals surface area contributed by atoms with Gasteiger partial charge >= 0.3 is 0 Å². The molecule has 0 fully saturated rings. The molecule has 0 amide bonds. The normalized spacial score (nSPS) is 8.92. The highest BCUT2D eigenvalue weighted by Crippen LogP contribution is 2.30. The third-order valence-electron chi connectivity index (χ3n) is 2.75. The van der Waals surface area contributed by atoms with Gasteiger partial charge in [-0.25, -0.2) is 0 Å². The zero-order valence-electron chi connectivity index (χ0n) is 15.0. The average Bonchev–Trinajstić information content (AvgIpc) is 2.66. The first-order valence-electron chi connectivity index (χ1n) is 8.10. The molecule has 2 aromatic rings. The van der Waals surface area contributed by atoms with E-state index in [0.717, 1.165) is 11.3 Å². The second-order valence-corrected chi connectivity index (χ2v) is 4.52. The molecule has 0 spiro atoms. The Bertz CT molecular complexity index is 637. The molecule has 0 aliphatic heterocycles.